The number of nitrogens with one attached hydrogen (secondary N) is 2. The van der Waals surface area contributed by atoms with Crippen LogP contribution >= 0.6 is 0 Å². The first-order valence-corrected chi connectivity index (χ1v) is 6.20. The van der Waals surface area contributed by atoms with Gasteiger partial charge in [-0.2, -0.15) is 0 Å². The summed E-state index contributed by atoms with van der Waals surface area (Å²) in [6, 6.07) is 1.97. The van der Waals surface area contributed by atoms with Crippen molar-refractivity contribution in [2.45, 2.75) is 47.6 Å². The number of rotatable bonds is 1. The molecule has 16 heavy (non-hydrogen) atoms. The molecule has 0 saturated carbocycles. The molecule has 3 heteroatoms. The number of aromatic nitrogens is 1. The molecule has 0 atom stereocenters. The molecule has 2 heterocycles. The van der Waals surface area contributed by atoms with Crippen molar-refractivity contribution in [2.24, 2.45) is 0 Å². The fraction of sp³-hybridized carbons (Fsp3) is 0.615. The maximum atomic E-state index is 11.0. The van der Waals surface area contributed by atoms with Crippen LogP contribution in [0, 0.1) is 0 Å². The number of carbonyl (C=O) groups excluding carboxylic acids is 1. The lowest BCUT2D eigenvalue weighted by Gasteiger charge is -2.11. The Hall–Kier alpha value is -1.09. The maximum absolute atomic E-state index is 11.0. The van der Waals surface area contributed by atoms with Crippen molar-refractivity contribution in [3.05, 3.63) is 23.0 Å². The highest BCUT2D eigenvalue weighted by Gasteiger charge is 2.13. The lowest BCUT2D eigenvalue weighted by atomic mass is 10.1. The van der Waals surface area contributed by atoms with Crippen molar-refractivity contribution in [3.63, 3.8) is 0 Å². The average molecular weight is 224 g/mol. The highest BCUT2D eigenvalue weighted by atomic mass is 16.1. The molecule has 0 aliphatic carbocycles. The molecule has 0 amide bonds. The summed E-state index contributed by atoms with van der Waals surface area (Å²) in [5.41, 5.74) is 3.20. The number of carbonyl (C=O) groups is 1. The highest BCUT2D eigenvalue weighted by molar-refractivity contribution is 5.92. The van der Waals surface area contributed by atoms with Gasteiger partial charge in [-0.15, -0.1) is 0 Å². The van der Waals surface area contributed by atoms with Crippen LogP contribution < -0.4 is 5.32 Å². The van der Waals surface area contributed by atoms with Gasteiger partial charge in [0.05, 0.1) is 5.69 Å². The van der Waals surface area contributed by atoms with E-state index in [4.69, 9.17) is 0 Å². The zero-order valence-corrected chi connectivity index (χ0v) is 11.1. The third-order valence-electron chi connectivity index (χ3n) is 2.24. The van der Waals surface area contributed by atoms with E-state index in [0.717, 1.165) is 25.2 Å². The van der Waals surface area contributed by atoms with Gasteiger partial charge in [-0.05, 0) is 24.6 Å². The Balaban J connectivity index is 0.000000509. The molecule has 0 fully saturated rings. The number of ketones is 1. The van der Waals surface area contributed by atoms with E-state index in [9.17, 15) is 4.79 Å². The quantitative estimate of drug-likeness (QED) is 0.720. The number of hydrogen-bond acceptors (Lipinski definition) is 2. The van der Waals surface area contributed by atoms with Crippen molar-refractivity contribution in [1.29, 1.82) is 0 Å². The first kappa shape index (κ1) is 14.9. The van der Waals surface area contributed by atoms with E-state index < -0.39 is 0 Å². The predicted octanol–water partition coefficient (Wildman–Crippen LogP) is 2.92. The van der Waals surface area contributed by atoms with Crippen molar-refractivity contribution in [2.75, 3.05) is 6.54 Å². The number of H-pyrrole nitrogens is 1. The molecule has 2 rings (SSSR count). The van der Waals surface area contributed by atoms with Gasteiger partial charge in [0.15, 0.2) is 5.78 Å². The summed E-state index contributed by atoms with van der Waals surface area (Å²) < 4.78 is 0. The van der Waals surface area contributed by atoms with E-state index in [0.29, 0.717) is 0 Å². The molecule has 92 valence electrons. The largest absolute Gasteiger partial charge is 0.355 e. The van der Waals surface area contributed by atoms with Gasteiger partial charge in [0, 0.05) is 19.2 Å². The first-order chi connectivity index (χ1) is 7.77. The summed E-state index contributed by atoms with van der Waals surface area (Å²) in [7, 11) is 0. The van der Waals surface area contributed by atoms with Crippen molar-refractivity contribution in [1.82, 2.24) is 10.3 Å². The molecule has 2 N–H and O–H groups in total. The Labute approximate surface area is 98.6 Å². The number of hydrogen-bond donors (Lipinski definition) is 2. The van der Waals surface area contributed by atoms with E-state index in [2.05, 4.69) is 10.3 Å². The van der Waals surface area contributed by atoms with Crippen molar-refractivity contribution < 1.29 is 4.79 Å². The molecule has 1 aromatic rings. The molecular formula is C13H24N2O. The van der Waals surface area contributed by atoms with E-state index in [-0.39, 0.29) is 5.78 Å². The number of fused-ring (bicyclic) bond motifs is 1. The smallest absolute Gasteiger partial charge is 0.175 e. The lowest BCUT2D eigenvalue weighted by Crippen LogP contribution is -2.22. The van der Waals surface area contributed by atoms with Gasteiger partial charge in [0.2, 0.25) is 0 Å². The van der Waals surface area contributed by atoms with Crippen LogP contribution in [-0.2, 0) is 13.0 Å². The third-order valence-corrected chi connectivity index (χ3v) is 2.24. The lowest BCUT2D eigenvalue weighted by molar-refractivity contribution is 0.101. The van der Waals surface area contributed by atoms with Crippen molar-refractivity contribution in [3.8, 4) is 0 Å². The van der Waals surface area contributed by atoms with Crippen molar-refractivity contribution >= 4 is 5.78 Å². The van der Waals surface area contributed by atoms with Crippen LogP contribution in [-0.4, -0.2) is 17.3 Å². The minimum atomic E-state index is 0.115. The maximum Gasteiger partial charge on any atom is 0.175 e. The first-order valence-electron chi connectivity index (χ1n) is 6.20. The summed E-state index contributed by atoms with van der Waals surface area (Å²) >= 11 is 0. The zero-order valence-electron chi connectivity index (χ0n) is 11.1. The van der Waals surface area contributed by atoms with Crippen LogP contribution in [0.25, 0.3) is 0 Å². The van der Waals surface area contributed by atoms with E-state index in [1.54, 1.807) is 6.92 Å². The molecule has 0 aromatic carbocycles. The fourth-order valence-electron chi connectivity index (χ4n) is 1.55. The summed E-state index contributed by atoms with van der Waals surface area (Å²) in [5, 5.41) is 3.25. The standard InChI is InChI=1S/C9H12N2O.2C2H6/c1-6(12)8-4-7-2-3-10-5-9(7)11-8;2*1-2/h4,10-11H,2-3,5H2,1H3;2*1-2H3. The Morgan fingerprint density at radius 2 is 1.88 bits per heavy atom. The van der Waals surface area contributed by atoms with Crippen LogP contribution in [0.1, 0.15) is 56.4 Å². The normalized spacial score (nSPS) is 12.6. The number of aromatic amines is 1. The zero-order chi connectivity index (χ0) is 12.6. The topological polar surface area (TPSA) is 44.9 Å². The van der Waals surface area contributed by atoms with Gasteiger partial charge in [0.25, 0.3) is 0 Å². The van der Waals surface area contributed by atoms with E-state index in [1.807, 2.05) is 33.8 Å². The summed E-state index contributed by atoms with van der Waals surface area (Å²) in [6.07, 6.45) is 1.03. The second-order valence-electron chi connectivity index (χ2n) is 3.17. The fourth-order valence-corrected chi connectivity index (χ4v) is 1.55. The Morgan fingerprint density at radius 1 is 1.25 bits per heavy atom. The minimum absolute atomic E-state index is 0.115. The molecule has 0 unspecified atom stereocenters. The third kappa shape index (κ3) is 3.81. The Bertz CT molecular complexity index is 292. The molecule has 0 saturated heterocycles. The van der Waals surface area contributed by atoms with Crippen LogP contribution in [0.4, 0.5) is 0 Å². The van der Waals surface area contributed by atoms with Crippen LogP contribution in [0.3, 0.4) is 0 Å². The van der Waals surface area contributed by atoms with Crippen LogP contribution in [0.5, 0.6) is 0 Å². The van der Waals surface area contributed by atoms with Gasteiger partial charge < -0.3 is 10.3 Å². The summed E-state index contributed by atoms with van der Waals surface area (Å²) in [4.78, 5) is 14.1. The van der Waals surface area contributed by atoms with Gasteiger partial charge in [0.1, 0.15) is 0 Å². The SMILES string of the molecule is CC.CC.CC(=O)c1cc2c([nH]1)CNCC2. The van der Waals surface area contributed by atoms with E-state index >= 15 is 0 Å². The predicted molar refractivity (Wildman–Crippen MR) is 68.9 cm³/mol. The van der Waals surface area contributed by atoms with E-state index in [1.165, 1.54) is 11.3 Å². The molecule has 0 spiro atoms. The number of Topliss-reactive ketones (excluding diaryl/α,β-unsaturated/α-hetero) is 1. The molecule has 1 aromatic heterocycles. The summed E-state index contributed by atoms with van der Waals surface area (Å²) in [5.74, 6) is 0.115. The average Bonchev–Trinajstić information content (AvgIpc) is 2.78. The second kappa shape index (κ2) is 8.11. The monoisotopic (exact) mass is 224 g/mol. The summed E-state index contributed by atoms with van der Waals surface area (Å²) in [6.45, 7) is 11.5. The molecule has 0 bridgehead atoms. The Kier molecular flexibility index (Phi) is 7.56. The second-order valence-corrected chi connectivity index (χ2v) is 3.17. The van der Waals surface area contributed by atoms with Gasteiger partial charge >= 0.3 is 0 Å². The van der Waals surface area contributed by atoms with Crippen LogP contribution in [0.15, 0.2) is 6.07 Å². The molecule has 0 radical (unpaired) electrons. The van der Waals surface area contributed by atoms with Crippen LogP contribution in [0.2, 0.25) is 0 Å². The molecular weight excluding hydrogens is 200 g/mol. The van der Waals surface area contributed by atoms with Gasteiger partial charge in [-0.1, -0.05) is 27.7 Å². The molecule has 3 nitrogen and oxygen atoms in total. The van der Waals surface area contributed by atoms with Gasteiger partial charge in [-0.25, -0.2) is 0 Å². The van der Waals surface area contributed by atoms with Gasteiger partial charge in [-0.3, -0.25) is 4.79 Å². The minimum Gasteiger partial charge on any atom is -0.355 e. The molecule has 1 aliphatic rings. The highest BCUT2D eigenvalue weighted by Crippen LogP contribution is 2.14. The molecule has 1 aliphatic heterocycles. The Morgan fingerprint density at radius 3 is 2.38 bits per heavy atom.